The number of furan rings is 1. The first-order valence-electron chi connectivity index (χ1n) is 5.03. The maximum absolute atomic E-state index is 11.6. The largest absolute Gasteiger partial charge is 0.507 e. The van der Waals surface area contributed by atoms with Gasteiger partial charge in [-0.15, -0.1) is 0 Å². The molecule has 2 N–H and O–H groups in total. The maximum Gasteiger partial charge on any atom is 0.275 e. The van der Waals surface area contributed by atoms with E-state index in [2.05, 4.69) is 26.5 Å². The van der Waals surface area contributed by atoms with Gasteiger partial charge in [-0.3, -0.25) is 4.79 Å². The minimum absolute atomic E-state index is 0.0917. The van der Waals surface area contributed by atoms with E-state index in [1.54, 1.807) is 24.3 Å². The van der Waals surface area contributed by atoms with Gasteiger partial charge in [-0.2, -0.15) is 5.10 Å². The highest BCUT2D eigenvalue weighted by Crippen LogP contribution is 2.15. The molecule has 1 aromatic carbocycles. The quantitative estimate of drug-likeness (QED) is 0.676. The first kappa shape index (κ1) is 12.4. The van der Waals surface area contributed by atoms with Gasteiger partial charge in [0, 0.05) is 0 Å². The van der Waals surface area contributed by atoms with Crippen molar-refractivity contribution in [3.63, 3.8) is 0 Å². The number of phenolic OH excluding ortho intramolecular Hbond substituents is 1. The molecule has 0 spiro atoms. The Morgan fingerprint density at radius 2 is 2.11 bits per heavy atom. The van der Waals surface area contributed by atoms with Gasteiger partial charge in [0.25, 0.3) is 5.91 Å². The number of halogens is 1. The number of benzene rings is 1. The van der Waals surface area contributed by atoms with Crippen LogP contribution in [-0.4, -0.2) is 17.2 Å². The molecule has 6 heteroatoms. The van der Waals surface area contributed by atoms with E-state index >= 15 is 0 Å². The van der Waals surface area contributed by atoms with Gasteiger partial charge in [0.15, 0.2) is 4.67 Å². The molecule has 0 unspecified atom stereocenters. The van der Waals surface area contributed by atoms with Gasteiger partial charge in [-0.05, 0) is 40.2 Å². The second kappa shape index (κ2) is 5.50. The van der Waals surface area contributed by atoms with Crippen molar-refractivity contribution in [2.45, 2.75) is 0 Å². The maximum atomic E-state index is 11.6. The second-order valence-corrected chi connectivity index (χ2v) is 4.14. The molecule has 0 atom stereocenters. The Morgan fingerprint density at radius 3 is 2.78 bits per heavy atom. The molecule has 92 valence electrons. The number of amides is 1. The Morgan fingerprint density at radius 1 is 1.33 bits per heavy atom. The van der Waals surface area contributed by atoms with Crippen molar-refractivity contribution in [3.8, 4) is 5.75 Å². The molecule has 1 heterocycles. The van der Waals surface area contributed by atoms with Crippen molar-refractivity contribution in [1.82, 2.24) is 5.43 Å². The Labute approximate surface area is 111 Å². The minimum Gasteiger partial charge on any atom is -0.507 e. The summed E-state index contributed by atoms with van der Waals surface area (Å²) >= 11 is 3.15. The SMILES string of the molecule is O=C(NN=Cc1ccc(Br)o1)c1ccccc1O. The number of carbonyl (C=O) groups is 1. The van der Waals surface area contributed by atoms with Crippen molar-refractivity contribution in [2.24, 2.45) is 5.10 Å². The molecule has 0 aliphatic heterocycles. The lowest BCUT2D eigenvalue weighted by molar-refractivity contribution is 0.0952. The van der Waals surface area contributed by atoms with Crippen LogP contribution in [0.3, 0.4) is 0 Å². The molecule has 1 aromatic heterocycles. The van der Waals surface area contributed by atoms with Gasteiger partial charge in [-0.1, -0.05) is 12.1 Å². The zero-order valence-corrected chi connectivity index (χ0v) is 10.7. The van der Waals surface area contributed by atoms with Crippen molar-refractivity contribution in [1.29, 1.82) is 0 Å². The molecule has 2 rings (SSSR count). The summed E-state index contributed by atoms with van der Waals surface area (Å²) in [6.07, 6.45) is 1.36. The molecule has 2 aromatic rings. The van der Waals surface area contributed by atoms with Gasteiger partial charge in [0.05, 0.1) is 11.8 Å². The average molecular weight is 309 g/mol. The van der Waals surface area contributed by atoms with E-state index in [-0.39, 0.29) is 11.3 Å². The van der Waals surface area contributed by atoms with Crippen LogP contribution in [0.4, 0.5) is 0 Å². The van der Waals surface area contributed by atoms with Gasteiger partial charge in [0.2, 0.25) is 0 Å². The molecule has 0 bridgehead atoms. The van der Waals surface area contributed by atoms with E-state index in [0.717, 1.165) is 0 Å². The predicted octanol–water partition coefficient (Wildman–Crippen LogP) is 2.51. The van der Waals surface area contributed by atoms with E-state index in [4.69, 9.17) is 4.42 Å². The fourth-order valence-corrected chi connectivity index (χ4v) is 1.60. The summed E-state index contributed by atoms with van der Waals surface area (Å²) in [5, 5.41) is 13.2. The van der Waals surface area contributed by atoms with Crippen molar-refractivity contribution < 1.29 is 14.3 Å². The Balaban J connectivity index is 2.01. The average Bonchev–Trinajstić information content (AvgIpc) is 2.75. The Bertz CT molecular complexity index is 593. The zero-order chi connectivity index (χ0) is 13.0. The fourth-order valence-electron chi connectivity index (χ4n) is 1.28. The summed E-state index contributed by atoms with van der Waals surface area (Å²) in [6, 6.07) is 9.63. The number of aromatic hydroxyl groups is 1. The van der Waals surface area contributed by atoms with Crippen LogP contribution in [0, 0.1) is 0 Å². The first-order valence-corrected chi connectivity index (χ1v) is 5.83. The molecule has 0 aliphatic rings. The second-order valence-electron chi connectivity index (χ2n) is 3.36. The van der Waals surface area contributed by atoms with Gasteiger partial charge < -0.3 is 9.52 Å². The predicted molar refractivity (Wildman–Crippen MR) is 69.6 cm³/mol. The number of para-hydroxylation sites is 1. The summed E-state index contributed by atoms with van der Waals surface area (Å²) in [7, 11) is 0. The first-order chi connectivity index (χ1) is 8.66. The zero-order valence-electron chi connectivity index (χ0n) is 9.13. The molecular formula is C12H9BrN2O3. The summed E-state index contributed by atoms with van der Waals surface area (Å²) < 4.78 is 5.74. The smallest absolute Gasteiger partial charge is 0.275 e. The molecule has 5 nitrogen and oxygen atoms in total. The van der Waals surface area contributed by atoms with Gasteiger partial charge in [-0.25, -0.2) is 5.43 Å². The minimum atomic E-state index is -0.491. The van der Waals surface area contributed by atoms with Crippen LogP contribution in [0.25, 0.3) is 0 Å². The van der Waals surface area contributed by atoms with Crippen LogP contribution in [0.5, 0.6) is 5.75 Å². The monoisotopic (exact) mass is 308 g/mol. The van der Waals surface area contributed by atoms with E-state index in [1.165, 1.54) is 18.3 Å². The molecule has 18 heavy (non-hydrogen) atoms. The van der Waals surface area contributed by atoms with Crippen LogP contribution in [0.2, 0.25) is 0 Å². The Kier molecular flexibility index (Phi) is 3.78. The highest BCUT2D eigenvalue weighted by Gasteiger charge is 2.08. The number of nitrogens with zero attached hydrogens (tertiary/aromatic N) is 1. The molecule has 0 saturated carbocycles. The molecule has 0 saturated heterocycles. The van der Waals surface area contributed by atoms with E-state index in [9.17, 15) is 9.90 Å². The molecule has 0 aliphatic carbocycles. The van der Waals surface area contributed by atoms with Crippen LogP contribution in [0.1, 0.15) is 16.1 Å². The highest BCUT2D eigenvalue weighted by molar-refractivity contribution is 9.10. The van der Waals surface area contributed by atoms with Crippen molar-refractivity contribution >= 4 is 28.1 Å². The van der Waals surface area contributed by atoms with E-state index < -0.39 is 5.91 Å². The normalized spacial score (nSPS) is 10.7. The summed E-state index contributed by atoms with van der Waals surface area (Å²) in [4.78, 5) is 11.6. The third-order valence-corrected chi connectivity index (χ3v) is 2.53. The number of hydrazone groups is 1. The van der Waals surface area contributed by atoms with E-state index in [0.29, 0.717) is 10.4 Å². The number of phenols is 1. The number of rotatable bonds is 3. The lowest BCUT2D eigenvalue weighted by Gasteiger charge is -2.01. The number of nitrogens with one attached hydrogen (secondary N) is 1. The fraction of sp³-hybridized carbons (Fsp3) is 0. The number of hydrogen-bond acceptors (Lipinski definition) is 4. The number of hydrogen-bond donors (Lipinski definition) is 2. The van der Waals surface area contributed by atoms with Gasteiger partial charge in [0.1, 0.15) is 11.5 Å². The molecule has 1 amide bonds. The topological polar surface area (TPSA) is 74.8 Å². The van der Waals surface area contributed by atoms with Crippen LogP contribution < -0.4 is 5.43 Å². The van der Waals surface area contributed by atoms with Crippen molar-refractivity contribution in [3.05, 3.63) is 52.4 Å². The van der Waals surface area contributed by atoms with Crippen LogP contribution >= 0.6 is 15.9 Å². The molecule has 0 fully saturated rings. The molecular weight excluding hydrogens is 300 g/mol. The van der Waals surface area contributed by atoms with Crippen LogP contribution in [-0.2, 0) is 0 Å². The Hall–Kier alpha value is -2.08. The van der Waals surface area contributed by atoms with Gasteiger partial charge >= 0.3 is 0 Å². The van der Waals surface area contributed by atoms with Crippen LogP contribution in [0.15, 0.2) is 50.6 Å². The standard InChI is InChI=1S/C12H9BrN2O3/c13-11-6-5-8(18-11)7-14-15-12(17)9-3-1-2-4-10(9)16/h1-7,16H,(H,15,17). The third-order valence-electron chi connectivity index (χ3n) is 2.10. The lowest BCUT2D eigenvalue weighted by Crippen LogP contribution is -2.17. The van der Waals surface area contributed by atoms with Crippen molar-refractivity contribution in [2.75, 3.05) is 0 Å². The summed E-state index contributed by atoms with van der Waals surface area (Å²) in [5.74, 6) is -0.0830. The molecule has 0 radical (unpaired) electrons. The number of carbonyl (C=O) groups excluding carboxylic acids is 1. The lowest BCUT2D eigenvalue weighted by atomic mass is 10.2. The summed E-state index contributed by atoms with van der Waals surface area (Å²) in [6.45, 7) is 0. The third kappa shape index (κ3) is 2.98. The van der Waals surface area contributed by atoms with E-state index in [1.807, 2.05) is 0 Å². The highest BCUT2D eigenvalue weighted by atomic mass is 79.9. The summed E-state index contributed by atoms with van der Waals surface area (Å²) in [5.41, 5.74) is 2.46.